The maximum Gasteiger partial charge on any atom is 0.344 e. The highest BCUT2D eigenvalue weighted by Crippen LogP contribution is 2.15. The van der Waals surface area contributed by atoms with E-state index in [0.29, 0.717) is 17.6 Å². The molecule has 114 valence electrons. The minimum atomic E-state index is -0.671. The van der Waals surface area contributed by atoms with E-state index in [-0.39, 0.29) is 25.2 Å². The molecule has 21 heavy (non-hydrogen) atoms. The lowest BCUT2D eigenvalue weighted by Crippen LogP contribution is -2.35. The Bertz CT molecular complexity index is 501. The smallest absolute Gasteiger partial charge is 0.344 e. The number of aldehydes is 1. The number of benzene rings is 1. The molecule has 0 aliphatic carbocycles. The summed E-state index contributed by atoms with van der Waals surface area (Å²) in [6.45, 7) is 3.10. The van der Waals surface area contributed by atoms with Gasteiger partial charge in [-0.2, -0.15) is 0 Å². The van der Waals surface area contributed by atoms with E-state index in [1.165, 1.54) is 0 Å². The van der Waals surface area contributed by atoms with Gasteiger partial charge in [-0.3, -0.25) is 9.59 Å². The fraction of sp³-hybridized carbons (Fsp3) is 0.400. The second-order valence-electron chi connectivity index (χ2n) is 4.48. The van der Waals surface area contributed by atoms with Crippen molar-refractivity contribution in [1.29, 1.82) is 0 Å². The Morgan fingerprint density at radius 1 is 1.29 bits per heavy atom. The molecule has 6 heteroatoms. The minimum Gasteiger partial charge on any atom is -0.481 e. The standard InChI is InChI=1S/C15H19NO5/c1-3-11(2)16-14(18)9-21-15(19)10-20-13-7-5-4-6-12(13)8-17/h4-8,11H,3,9-10H2,1-2H3,(H,16,18)/t11-/m1/s1. The molecule has 1 atom stereocenters. The molecule has 0 bridgehead atoms. The van der Waals surface area contributed by atoms with Gasteiger partial charge >= 0.3 is 5.97 Å². The summed E-state index contributed by atoms with van der Waals surface area (Å²) in [4.78, 5) is 33.6. The first-order chi connectivity index (χ1) is 10.1. The molecule has 1 aromatic carbocycles. The number of esters is 1. The Kier molecular flexibility index (Phi) is 6.94. The van der Waals surface area contributed by atoms with Crippen LogP contribution in [0.1, 0.15) is 30.6 Å². The molecule has 6 nitrogen and oxygen atoms in total. The fourth-order valence-corrected chi connectivity index (χ4v) is 1.45. The van der Waals surface area contributed by atoms with Crippen molar-refractivity contribution in [2.45, 2.75) is 26.3 Å². The highest BCUT2D eigenvalue weighted by molar-refractivity contribution is 5.81. The van der Waals surface area contributed by atoms with Crippen LogP contribution in [0.15, 0.2) is 24.3 Å². The van der Waals surface area contributed by atoms with Crippen molar-refractivity contribution in [2.24, 2.45) is 0 Å². The van der Waals surface area contributed by atoms with Crippen molar-refractivity contribution in [2.75, 3.05) is 13.2 Å². The molecule has 0 fully saturated rings. The molecular weight excluding hydrogens is 274 g/mol. The third-order valence-electron chi connectivity index (χ3n) is 2.78. The summed E-state index contributed by atoms with van der Waals surface area (Å²) in [7, 11) is 0. The number of hydrogen-bond acceptors (Lipinski definition) is 5. The van der Waals surface area contributed by atoms with Gasteiger partial charge < -0.3 is 14.8 Å². The van der Waals surface area contributed by atoms with Crippen LogP contribution in [-0.2, 0) is 14.3 Å². The van der Waals surface area contributed by atoms with Crippen molar-refractivity contribution in [3.63, 3.8) is 0 Å². The predicted octanol–water partition coefficient (Wildman–Crippen LogP) is 1.34. The number of para-hydroxylation sites is 1. The predicted molar refractivity (Wildman–Crippen MR) is 76.2 cm³/mol. The third kappa shape index (κ3) is 6.07. The lowest BCUT2D eigenvalue weighted by Gasteiger charge is -2.12. The molecule has 0 aromatic heterocycles. The summed E-state index contributed by atoms with van der Waals surface area (Å²) >= 11 is 0. The molecule has 1 N–H and O–H groups in total. The first-order valence-corrected chi connectivity index (χ1v) is 6.68. The Hall–Kier alpha value is -2.37. The van der Waals surface area contributed by atoms with Gasteiger partial charge in [-0.15, -0.1) is 0 Å². The van der Waals surface area contributed by atoms with E-state index in [2.05, 4.69) is 5.32 Å². The van der Waals surface area contributed by atoms with Crippen molar-refractivity contribution < 1.29 is 23.9 Å². The molecule has 1 amide bonds. The van der Waals surface area contributed by atoms with Crippen LogP contribution in [0.2, 0.25) is 0 Å². The maximum absolute atomic E-state index is 11.5. The lowest BCUT2D eigenvalue weighted by atomic mass is 10.2. The molecule has 0 saturated heterocycles. The topological polar surface area (TPSA) is 81.7 Å². The van der Waals surface area contributed by atoms with E-state index in [1.54, 1.807) is 24.3 Å². The molecule has 1 aromatic rings. The zero-order chi connectivity index (χ0) is 15.7. The van der Waals surface area contributed by atoms with Gasteiger partial charge in [-0.1, -0.05) is 19.1 Å². The summed E-state index contributed by atoms with van der Waals surface area (Å²) < 4.78 is 9.97. The third-order valence-corrected chi connectivity index (χ3v) is 2.78. The van der Waals surface area contributed by atoms with Gasteiger partial charge in [-0.05, 0) is 25.5 Å². The van der Waals surface area contributed by atoms with E-state index in [9.17, 15) is 14.4 Å². The number of hydrogen-bond donors (Lipinski definition) is 1. The second-order valence-corrected chi connectivity index (χ2v) is 4.48. The first kappa shape index (κ1) is 16.7. The molecule has 0 aliphatic heterocycles. The van der Waals surface area contributed by atoms with Crippen LogP contribution in [0, 0.1) is 0 Å². The van der Waals surface area contributed by atoms with Crippen LogP contribution in [0.4, 0.5) is 0 Å². The van der Waals surface area contributed by atoms with Crippen molar-refractivity contribution >= 4 is 18.2 Å². The van der Waals surface area contributed by atoms with Crippen molar-refractivity contribution in [1.82, 2.24) is 5.32 Å². The number of carbonyl (C=O) groups is 3. The van der Waals surface area contributed by atoms with Crippen molar-refractivity contribution in [3.05, 3.63) is 29.8 Å². The highest BCUT2D eigenvalue weighted by atomic mass is 16.6. The molecule has 0 saturated carbocycles. The number of ether oxygens (including phenoxy) is 2. The van der Waals surface area contributed by atoms with E-state index in [4.69, 9.17) is 9.47 Å². The zero-order valence-corrected chi connectivity index (χ0v) is 12.1. The van der Waals surface area contributed by atoms with Gasteiger partial charge in [-0.25, -0.2) is 4.79 Å². The maximum atomic E-state index is 11.5. The van der Waals surface area contributed by atoms with E-state index in [1.807, 2.05) is 13.8 Å². The normalized spacial score (nSPS) is 11.3. The molecule has 0 spiro atoms. The van der Waals surface area contributed by atoms with Crippen LogP contribution in [-0.4, -0.2) is 37.4 Å². The Labute approximate surface area is 123 Å². The number of rotatable bonds is 8. The van der Waals surface area contributed by atoms with Gasteiger partial charge in [0.15, 0.2) is 19.5 Å². The van der Waals surface area contributed by atoms with Crippen LogP contribution in [0.3, 0.4) is 0 Å². The number of nitrogens with one attached hydrogen (secondary N) is 1. The summed E-state index contributed by atoms with van der Waals surface area (Å²) in [6, 6.07) is 6.56. The highest BCUT2D eigenvalue weighted by Gasteiger charge is 2.11. The van der Waals surface area contributed by atoms with Gasteiger partial charge in [0.05, 0.1) is 5.56 Å². The van der Waals surface area contributed by atoms with Crippen LogP contribution in [0.25, 0.3) is 0 Å². The lowest BCUT2D eigenvalue weighted by molar-refractivity contribution is -0.150. The summed E-state index contributed by atoms with van der Waals surface area (Å²) in [5.41, 5.74) is 0.347. The summed E-state index contributed by atoms with van der Waals surface area (Å²) in [5.74, 6) is -0.727. The molecule has 0 unspecified atom stereocenters. The molecule has 0 heterocycles. The fourth-order valence-electron chi connectivity index (χ4n) is 1.45. The quantitative estimate of drug-likeness (QED) is 0.577. The van der Waals surface area contributed by atoms with E-state index >= 15 is 0 Å². The summed E-state index contributed by atoms with van der Waals surface area (Å²) in [6.07, 6.45) is 1.44. The second kappa shape index (κ2) is 8.73. The van der Waals surface area contributed by atoms with Crippen molar-refractivity contribution in [3.8, 4) is 5.75 Å². The monoisotopic (exact) mass is 293 g/mol. The van der Waals surface area contributed by atoms with Gasteiger partial charge in [0.2, 0.25) is 0 Å². The first-order valence-electron chi connectivity index (χ1n) is 6.68. The Balaban J connectivity index is 2.34. The largest absolute Gasteiger partial charge is 0.481 e. The molecule has 1 rings (SSSR count). The molecular formula is C15H19NO5. The van der Waals surface area contributed by atoms with E-state index < -0.39 is 5.97 Å². The minimum absolute atomic E-state index is 0.0342. The van der Waals surface area contributed by atoms with Crippen LogP contribution >= 0.6 is 0 Å². The molecule has 0 radical (unpaired) electrons. The van der Waals surface area contributed by atoms with Crippen LogP contribution in [0.5, 0.6) is 5.75 Å². The Morgan fingerprint density at radius 2 is 2.00 bits per heavy atom. The van der Waals surface area contributed by atoms with Gasteiger partial charge in [0, 0.05) is 6.04 Å². The average molecular weight is 293 g/mol. The van der Waals surface area contributed by atoms with Crippen LogP contribution < -0.4 is 10.1 Å². The Morgan fingerprint density at radius 3 is 2.67 bits per heavy atom. The number of carbonyl (C=O) groups excluding carboxylic acids is 3. The average Bonchev–Trinajstić information content (AvgIpc) is 2.50. The zero-order valence-electron chi connectivity index (χ0n) is 12.1. The van der Waals surface area contributed by atoms with Gasteiger partial charge in [0.1, 0.15) is 5.75 Å². The molecule has 0 aliphatic rings. The number of amides is 1. The summed E-state index contributed by atoms with van der Waals surface area (Å²) in [5, 5.41) is 2.67. The van der Waals surface area contributed by atoms with Gasteiger partial charge in [0.25, 0.3) is 5.91 Å². The SMILES string of the molecule is CC[C@@H](C)NC(=O)COC(=O)COc1ccccc1C=O. The van der Waals surface area contributed by atoms with E-state index in [0.717, 1.165) is 6.42 Å².